The van der Waals surface area contributed by atoms with E-state index in [-0.39, 0.29) is 40.6 Å². The molecule has 0 bridgehead atoms. The summed E-state index contributed by atoms with van der Waals surface area (Å²) in [5, 5.41) is 19.6. The summed E-state index contributed by atoms with van der Waals surface area (Å²) in [5.41, 5.74) is -0.656. The molecule has 0 unspecified atom stereocenters. The molecule has 3 aliphatic rings. The number of aromatic nitrogens is 1. The lowest BCUT2D eigenvalue weighted by atomic mass is 9.92. The molecule has 190 valence electrons. The maximum atomic E-state index is 15.6. The highest BCUT2D eigenvalue weighted by atomic mass is 19.1. The van der Waals surface area contributed by atoms with Crippen LogP contribution in [0.2, 0.25) is 0 Å². The first-order chi connectivity index (χ1) is 17.3. The number of hydrogen-bond acceptors (Lipinski definition) is 7. The van der Waals surface area contributed by atoms with Gasteiger partial charge in [-0.05, 0) is 51.1 Å². The topological polar surface area (TPSA) is 116 Å². The Morgan fingerprint density at radius 1 is 1.28 bits per heavy atom. The van der Waals surface area contributed by atoms with Crippen LogP contribution in [-0.4, -0.2) is 65.3 Å². The van der Waals surface area contributed by atoms with E-state index in [4.69, 9.17) is 4.74 Å². The predicted octanol–water partition coefficient (Wildman–Crippen LogP) is 2.90. The van der Waals surface area contributed by atoms with Gasteiger partial charge in [0.2, 0.25) is 5.43 Å². The average Bonchev–Trinajstić information content (AvgIpc) is 3.60. The lowest BCUT2D eigenvalue weighted by Crippen LogP contribution is -2.46. The third-order valence-corrected chi connectivity index (χ3v) is 7.64. The van der Waals surface area contributed by atoms with Crippen LogP contribution in [0, 0.1) is 23.1 Å². The van der Waals surface area contributed by atoms with E-state index in [1.54, 1.807) is 11.5 Å². The Labute approximate surface area is 207 Å². The molecule has 2 atom stereocenters. The highest BCUT2D eigenvalue weighted by Gasteiger charge is 2.41. The minimum atomic E-state index is -1.37. The largest absolute Gasteiger partial charge is 0.477 e. The summed E-state index contributed by atoms with van der Waals surface area (Å²) in [6.45, 7) is 4.61. The van der Waals surface area contributed by atoms with E-state index in [0.717, 1.165) is 38.3 Å². The molecule has 3 fully saturated rings. The first-order valence-electron chi connectivity index (χ1n) is 12.5. The lowest BCUT2D eigenvalue weighted by Gasteiger charge is -2.36. The van der Waals surface area contributed by atoms with Gasteiger partial charge in [0, 0.05) is 37.9 Å². The van der Waals surface area contributed by atoms with E-state index in [2.05, 4.69) is 11.0 Å². The lowest BCUT2D eigenvalue weighted by molar-refractivity contribution is -0.143. The first kappa shape index (κ1) is 24.3. The molecule has 36 heavy (non-hydrogen) atoms. The minimum Gasteiger partial charge on any atom is -0.477 e. The zero-order valence-electron chi connectivity index (χ0n) is 20.2. The molecule has 1 aromatic carbocycles. The summed E-state index contributed by atoms with van der Waals surface area (Å²) >= 11 is 0. The summed E-state index contributed by atoms with van der Waals surface area (Å²) in [6, 6.07) is 3.34. The Balaban J connectivity index is 1.53. The number of fused-ring (bicyclic) bond motifs is 2. The molecule has 0 amide bonds. The summed E-state index contributed by atoms with van der Waals surface area (Å²) in [7, 11) is 0. The maximum Gasteiger partial charge on any atom is 0.341 e. The van der Waals surface area contributed by atoms with Crippen molar-refractivity contribution < 1.29 is 23.8 Å². The number of rotatable bonds is 7. The molecule has 0 spiro atoms. The number of anilines is 1. The summed E-state index contributed by atoms with van der Waals surface area (Å²) in [4.78, 5) is 40.6. The first-order valence-corrected chi connectivity index (χ1v) is 12.5. The maximum absolute atomic E-state index is 15.6. The Kier molecular flexibility index (Phi) is 6.43. The number of nitriles is 1. The van der Waals surface area contributed by atoms with E-state index >= 15 is 4.39 Å². The van der Waals surface area contributed by atoms with Crippen molar-refractivity contribution in [3.05, 3.63) is 39.4 Å². The quantitative estimate of drug-likeness (QED) is 0.582. The monoisotopic (exact) mass is 496 g/mol. The molecule has 1 saturated carbocycles. The van der Waals surface area contributed by atoms with Crippen LogP contribution >= 0.6 is 0 Å². The van der Waals surface area contributed by atoms with Crippen molar-refractivity contribution in [3.63, 3.8) is 0 Å². The Morgan fingerprint density at radius 3 is 2.72 bits per heavy atom. The Hall–Kier alpha value is -3.45. The van der Waals surface area contributed by atoms with Gasteiger partial charge in [-0.3, -0.25) is 14.5 Å². The molecule has 9 nitrogen and oxygen atoms in total. The second-order valence-electron chi connectivity index (χ2n) is 9.87. The number of ether oxygens (including phenoxy) is 1. The highest BCUT2D eigenvalue weighted by Crippen LogP contribution is 2.42. The van der Waals surface area contributed by atoms with Crippen molar-refractivity contribution in [2.45, 2.75) is 51.1 Å². The fourth-order valence-corrected chi connectivity index (χ4v) is 5.89. The molecule has 10 heteroatoms. The number of esters is 1. The molecule has 3 heterocycles. The van der Waals surface area contributed by atoms with Crippen LogP contribution in [0.3, 0.4) is 0 Å². The third-order valence-electron chi connectivity index (χ3n) is 7.64. The van der Waals surface area contributed by atoms with E-state index in [0.29, 0.717) is 38.2 Å². The number of aromatic carboxylic acids is 1. The number of halogens is 1. The van der Waals surface area contributed by atoms with Gasteiger partial charge in [-0.25, -0.2) is 9.18 Å². The molecule has 2 aliphatic heterocycles. The van der Waals surface area contributed by atoms with E-state index in [1.807, 2.05) is 4.90 Å². The van der Waals surface area contributed by atoms with Gasteiger partial charge in [0.05, 0.1) is 29.6 Å². The van der Waals surface area contributed by atoms with Crippen LogP contribution in [0.4, 0.5) is 10.1 Å². The number of benzene rings is 1. The predicted molar refractivity (Wildman–Crippen MR) is 130 cm³/mol. The van der Waals surface area contributed by atoms with Gasteiger partial charge in [0.25, 0.3) is 0 Å². The summed E-state index contributed by atoms with van der Waals surface area (Å²) in [6.07, 6.45) is 5.15. The van der Waals surface area contributed by atoms with Crippen LogP contribution < -0.4 is 10.3 Å². The van der Waals surface area contributed by atoms with Gasteiger partial charge in [0.15, 0.2) is 0 Å². The standard InChI is InChI=1S/C26H29FN4O5/c1-2-36-22(32)7-9-29-8-3-4-15-12-30(14-21(15)29)24-18(11-28)23-17(10-20(24)27)25(33)19(26(34)35)13-31(23)16-5-6-16/h10,13,15-16,21H,2-9,12,14H2,1H3,(H,34,35)/t15-,21+/m0/s1. The molecule has 2 saturated heterocycles. The minimum absolute atomic E-state index is 0.0175. The Bertz CT molecular complexity index is 1330. The van der Waals surface area contributed by atoms with Crippen molar-refractivity contribution in [2.24, 2.45) is 5.92 Å². The fourth-order valence-electron chi connectivity index (χ4n) is 5.89. The van der Waals surface area contributed by atoms with Gasteiger partial charge in [-0.2, -0.15) is 5.26 Å². The Morgan fingerprint density at radius 2 is 2.06 bits per heavy atom. The normalized spacial score (nSPS) is 21.9. The van der Waals surface area contributed by atoms with E-state index in [9.17, 15) is 24.8 Å². The number of carboxylic acid groups (broad SMARTS) is 1. The van der Waals surface area contributed by atoms with Gasteiger partial charge >= 0.3 is 11.9 Å². The average molecular weight is 497 g/mol. The highest BCUT2D eigenvalue weighted by molar-refractivity contribution is 5.96. The number of hydrogen-bond donors (Lipinski definition) is 1. The molecular weight excluding hydrogens is 467 g/mol. The van der Waals surface area contributed by atoms with Crippen LogP contribution in [0.5, 0.6) is 0 Å². The summed E-state index contributed by atoms with van der Waals surface area (Å²) < 4.78 is 22.4. The number of nitrogens with zero attached hydrogens (tertiary/aromatic N) is 4. The zero-order chi connectivity index (χ0) is 25.6. The molecule has 2 aromatic rings. The second kappa shape index (κ2) is 9.54. The van der Waals surface area contributed by atoms with Crippen molar-refractivity contribution in [1.29, 1.82) is 5.26 Å². The SMILES string of the molecule is CCOC(=O)CCN1CCC[C@H]2CN(c3c(F)cc4c(=O)c(C(=O)O)cn(C5CC5)c4c3C#N)C[C@H]21. The van der Waals surface area contributed by atoms with E-state index < -0.39 is 22.8 Å². The molecular formula is C26H29FN4O5. The number of carbonyl (C=O) groups is 2. The third kappa shape index (κ3) is 4.22. The van der Waals surface area contributed by atoms with Crippen molar-refractivity contribution >= 4 is 28.5 Å². The fraction of sp³-hybridized carbons (Fsp3) is 0.538. The summed E-state index contributed by atoms with van der Waals surface area (Å²) in [5.74, 6) is -2.04. The van der Waals surface area contributed by atoms with Gasteiger partial charge in [-0.1, -0.05) is 0 Å². The number of carboxylic acids is 1. The number of piperidine rings is 1. The van der Waals surface area contributed by atoms with Crippen molar-refractivity contribution in [3.8, 4) is 6.07 Å². The molecule has 5 rings (SSSR count). The molecule has 1 aliphatic carbocycles. The second-order valence-corrected chi connectivity index (χ2v) is 9.87. The molecule has 1 aromatic heterocycles. The zero-order valence-corrected chi connectivity index (χ0v) is 20.2. The molecule has 0 radical (unpaired) electrons. The van der Waals surface area contributed by atoms with Crippen molar-refractivity contribution in [1.82, 2.24) is 9.47 Å². The van der Waals surface area contributed by atoms with Gasteiger partial charge < -0.3 is 19.3 Å². The van der Waals surface area contributed by atoms with Crippen LogP contribution in [0.15, 0.2) is 17.1 Å². The van der Waals surface area contributed by atoms with Gasteiger partial charge in [-0.15, -0.1) is 0 Å². The van der Waals surface area contributed by atoms with Crippen LogP contribution in [0.25, 0.3) is 10.9 Å². The number of carbonyl (C=O) groups excluding carboxylic acids is 1. The van der Waals surface area contributed by atoms with Crippen molar-refractivity contribution in [2.75, 3.05) is 37.7 Å². The van der Waals surface area contributed by atoms with Crippen LogP contribution in [0.1, 0.15) is 61.0 Å². The van der Waals surface area contributed by atoms with E-state index in [1.165, 1.54) is 6.20 Å². The molecule has 1 N–H and O–H groups in total. The number of pyridine rings is 1. The van der Waals surface area contributed by atoms with Gasteiger partial charge in [0.1, 0.15) is 23.0 Å². The van der Waals surface area contributed by atoms with Crippen LogP contribution in [-0.2, 0) is 9.53 Å². The number of likely N-dealkylation sites (tertiary alicyclic amines) is 1. The smallest absolute Gasteiger partial charge is 0.341 e.